The van der Waals surface area contributed by atoms with E-state index in [0.717, 1.165) is 18.1 Å². The van der Waals surface area contributed by atoms with Crippen LogP contribution in [0.5, 0.6) is 5.75 Å². The molecule has 0 radical (unpaired) electrons. The fraction of sp³-hybridized carbons (Fsp3) is 0.583. The van der Waals surface area contributed by atoms with Crippen molar-refractivity contribution >= 4 is 24.8 Å². The molecule has 3 nitrogen and oxygen atoms in total. The first-order chi connectivity index (χ1) is 7.09. The molecule has 0 unspecified atom stereocenters. The molecule has 0 saturated heterocycles. The van der Waals surface area contributed by atoms with Crippen molar-refractivity contribution in [1.82, 2.24) is 4.98 Å². The summed E-state index contributed by atoms with van der Waals surface area (Å²) in [7, 11) is 0. The smallest absolute Gasteiger partial charge is 0.137 e. The second-order valence-electron chi connectivity index (χ2n) is 4.81. The van der Waals surface area contributed by atoms with Gasteiger partial charge in [0.1, 0.15) is 5.75 Å². The van der Waals surface area contributed by atoms with Gasteiger partial charge in [-0.1, -0.05) is 6.92 Å². The van der Waals surface area contributed by atoms with Crippen molar-refractivity contribution in [2.75, 3.05) is 6.61 Å². The van der Waals surface area contributed by atoms with Gasteiger partial charge in [-0.3, -0.25) is 4.98 Å². The van der Waals surface area contributed by atoms with Crippen LogP contribution in [0.2, 0.25) is 0 Å². The van der Waals surface area contributed by atoms with Crippen LogP contribution in [0.25, 0.3) is 0 Å². The Morgan fingerprint density at radius 3 is 2.47 bits per heavy atom. The fourth-order valence-electron chi connectivity index (χ4n) is 1.36. The van der Waals surface area contributed by atoms with Crippen LogP contribution in [0.1, 0.15) is 38.4 Å². The van der Waals surface area contributed by atoms with Crippen LogP contribution < -0.4 is 10.5 Å². The zero-order valence-corrected chi connectivity index (χ0v) is 11.8. The molecule has 2 N–H and O–H groups in total. The van der Waals surface area contributed by atoms with Gasteiger partial charge in [0, 0.05) is 11.5 Å². The molecule has 1 fully saturated rings. The minimum absolute atomic E-state index is 0. The molecule has 1 aliphatic rings. The van der Waals surface area contributed by atoms with Crippen molar-refractivity contribution in [3.05, 3.63) is 24.0 Å². The summed E-state index contributed by atoms with van der Waals surface area (Å²) in [5, 5.41) is 0. The Balaban J connectivity index is 0.00000128. The third kappa shape index (κ3) is 4.70. The lowest BCUT2D eigenvalue weighted by molar-refractivity contribution is 0.246. The van der Waals surface area contributed by atoms with Gasteiger partial charge < -0.3 is 10.5 Å². The Bertz CT molecular complexity index is 337. The molecule has 0 bridgehead atoms. The zero-order chi connectivity index (χ0) is 10.9. The SMILES string of the molecule is C[C@@H](N)c1ccc(OCC2(C)CC2)cn1.Cl.Cl. The first-order valence-electron chi connectivity index (χ1n) is 5.43. The molecule has 1 atom stereocenters. The number of nitrogens with zero attached hydrogens (tertiary/aromatic N) is 1. The third-order valence-corrected chi connectivity index (χ3v) is 2.92. The molecule has 0 aromatic carbocycles. The third-order valence-electron chi connectivity index (χ3n) is 2.92. The van der Waals surface area contributed by atoms with Crippen molar-refractivity contribution in [2.24, 2.45) is 11.1 Å². The molecule has 0 amide bonds. The number of rotatable bonds is 4. The van der Waals surface area contributed by atoms with E-state index in [0.29, 0.717) is 5.41 Å². The predicted molar refractivity (Wildman–Crippen MR) is 74.2 cm³/mol. The van der Waals surface area contributed by atoms with E-state index in [1.807, 2.05) is 19.1 Å². The van der Waals surface area contributed by atoms with Gasteiger partial charge in [0.15, 0.2) is 0 Å². The average molecular weight is 279 g/mol. The molecule has 17 heavy (non-hydrogen) atoms. The molecule has 1 aliphatic carbocycles. The minimum atomic E-state index is -0.0139. The van der Waals surface area contributed by atoms with Crippen molar-refractivity contribution < 1.29 is 4.74 Å². The van der Waals surface area contributed by atoms with Gasteiger partial charge >= 0.3 is 0 Å². The Morgan fingerprint density at radius 1 is 1.41 bits per heavy atom. The molecule has 1 aromatic rings. The second-order valence-corrected chi connectivity index (χ2v) is 4.81. The zero-order valence-electron chi connectivity index (χ0n) is 10.2. The molecule has 2 rings (SSSR count). The Hall–Kier alpha value is -0.510. The average Bonchev–Trinajstić information content (AvgIpc) is 2.95. The summed E-state index contributed by atoms with van der Waals surface area (Å²) in [5.74, 6) is 0.840. The highest BCUT2D eigenvalue weighted by Crippen LogP contribution is 2.44. The normalized spacial score (nSPS) is 17.4. The number of halogens is 2. The van der Waals surface area contributed by atoms with Crippen molar-refractivity contribution in [3.63, 3.8) is 0 Å². The van der Waals surface area contributed by atoms with Crippen molar-refractivity contribution in [2.45, 2.75) is 32.7 Å². The van der Waals surface area contributed by atoms with Gasteiger partial charge in [-0.2, -0.15) is 0 Å². The Morgan fingerprint density at radius 2 is 2.06 bits per heavy atom. The maximum atomic E-state index is 5.71. The highest BCUT2D eigenvalue weighted by atomic mass is 35.5. The van der Waals surface area contributed by atoms with Crippen LogP contribution in [0.15, 0.2) is 18.3 Å². The quantitative estimate of drug-likeness (QED) is 0.921. The standard InChI is InChI=1S/C12H18N2O.2ClH/c1-9(13)11-4-3-10(7-14-11)15-8-12(2)5-6-12;;/h3-4,7,9H,5-6,8,13H2,1-2H3;2*1H/t9-;;/m1../s1. The summed E-state index contributed by atoms with van der Waals surface area (Å²) in [6.07, 6.45) is 4.31. The Kier molecular flexibility index (Phi) is 6.24. The lowest BCUT2D eigenvalue weighted by Crippen LogP contribution is -2.10. The van der Waals surface area contributed by atoms with Crippen molar-refractivity contribution in [1.29, 1.82) is 0 Å². The second kappa shape index (κ2) is 6.43. The van der Waals surface area contributed by atoms with E-state index < -0.39 is 0 Å². The van der Waals surface area contributed by atoms with E-state index in [1.54, 1.807) is 6.20 Å². The lowest BCUT2D eigenvalue weighted by Gasteiger charge is -2.11. The molecular formula is C12H20Cl2N2O. The predicted octanol–water partition coefficient (Wildman–Crippen LogP) is 3.12. The molecule has 1 saturated carbocycles. The molecule has 5 heteroatoms. The van der Waals surface area contributed by atoms with Gasteiger partial charge in [0.05, 0.1) is 18.5 Å². The summed E-state index contributed by atoms with van der Waals surface area (Å²) in [4.78, 5) is 4.25. The molecule has 0 spiro atoms. The summed E-state index contributed by atoms with van der Waals surface area (Å²) in [6, 6.07) is 3.85. The van der Waals surface area contributed by atoms with Crippen LogP contribution in [0, 0.1) is 5.41 Å². The van der Waals surface area contributed by atoms with Gasteiger partial charge in [-0.05, 0) is 31.9 Å². The molecule has 1 heterocycles. The van der Waals surface area contributed by atoms with Gasteiger partial charge in [-0.15, -0.1) is 24.8 Å². The van der Waals surface area contributed by atoms with Gasteiger partial charge in [0.25, 0.3) is 0 Å². The first-order valence-corrected chi connectivity index (χ1v) is 5.43. The monoisotopic (exact) mass is 278 g/mol. The largest absolute Gasteiger partial charge is 0.491 e. The molecule has 0 aliphatic heterocycles. The van der Waals surface area contributed by atoms with E-state index in [9.17, 15) is 0 Å². The number of aromatic nitrogens is 1. The number of hydrogen-bond acceptors (Lipinski definition) is 3. The van der Waals surface area contributed by atoms with Crippen LogP contribution in [-0.2, 0) is 0 Å². The van der Waals surface area contributed by atoms with E-state index in [4.69, 9.17) is 10.5 Å². The van der Waals surface area contributed by atoms with E-state index in [1.165, 1.54) is 12.8 Å². The summed E-state index contributed by atoms with van der Waals surface area (Å²) in [6.45, 7) is 4.97. The summed E-state index contributed by atoms with van der Waals surface area (Å²) >= 11 is 0. The summed E-state index contributed by atoms with van der Waals surface area (Å²) in [5.41, 5.74) is 7.03. The van der Waals surface area contributed by atoms with Crippen LogP contribution in [0.4, 0.5) is 0 Å². The van der Waals surface area contributed by atoms with E-state index in [2.05, 4.69) is 11.9 Å². The van der Waals surface area contributed by atoms with E-state index >= 15 is 0 Å². The van der Waals surface area contributed by atoms with Crippen LogP contribution in [0.3, 0.4) is 0 Å². The molecular weight excluding hydrogens is 259 g/mol. The van der Waals surface area contributed by atoms with Crippen LogP contribution >= 0.6 is 24.8 Å². The highest BCUT2D eigenvalue weighted by Gasteiger charge is 2.38. The minimum Gasteiger partial charge on any atom is -0.491 e. The Labute approximate surface area is 115 Å². The van der Waals surface area contributed by atoms with E-state index in [-0.39, 0.29) is 30.9 Å². The van der Waals surface area contributed by atoms with Gasteiger partial charge in [0.2, 0.25) is 0 Å². The molecule has 98 valence electrons. The first kappa shape index (κ1) is 16.5. The summed E-state index contributed by atoms with van der Waals surface area (Å²) < 4.78 is 5.66. The number of ether oxygens (including phenoxy) is 1. The van der Waals surface area contributed by atoms with Crippen molar-refractivity contribution in [3.8, 4) is 5.75 Å². The molecule has 1 aromatic heterocycles. The van der Waals surface area contributed by atoms with Crippen LogP contribution in [-0.4, -0.2) is 11.6 Å². The lowest BCUT2D eigenvalue weighted by atomic mass is 10.2. The number of pyridine rings is 1. The fourth-order valence-corrected chi connectivity index (χ4v) is 1.36. The maximum Gasteiger partial charge on any atom is 0.137 e. The van der Waals surface area contributed by atoms with Gasteiger partial charge in [-0.25, -0.2) is 0 Å². The topological polar surface area (TPSA) is 48.1 Å². The number of nitrogens with two attached hydrogens (primary N) is 1. The number of hydrogen-bond donors (Lipinski definition) is 1. The highest BCUT2D eigenvalue weighted by molar-refractivity contribution is 5.85. The maximum absolute atomic E-state index is 5.71.